The van der Waals surface area contributed by atoms with E-state index in [0.29, 0.717) is 6.54 Å². The molecule has 2 aromatic heterocycles. The number of carbonyl (C=O) groups is 2. The largest absolute Gasteiger partial charge is 0.465 e. The monoisotopic (exact) mass is 345 g/mol. The minimum Gasteiger partial charge on any atom is -0.465 e. The van der Waals surface area contributed by atoms with Crippen LogP contribution in [-0.2, 0) is 22.6 Å². The fourth-order valence-corrected chi connectivity index (χ4v) is 2.73. The summed E-state index contributed by atoms with van der Waals surface area (Å²) in [5.74, 6) is -0.992. The van der Waals surface area contributed by atoms with Gasteiger partial charge in [-0.2, -0.15) is 16.6 Å². The van der Waals surface area contributed by atoms with Crippen LogP contribution in [0.3, 0.4) is 0 Å². The number of esters is 1. The Labute approximate surface area is 142 Å². The van der Waals surface area contributed by atoms with Crippen LogP contribution in [0.1, 0.15) is 21.5 Å². The molecule has 24 heavy (non-hydrogen) atoms. The van der Waals surface area contributed by atoms with E-state index in [1.54, 1.807) is 13.1 Å². The summed E-state index contributed by atoms with van der Waals surface area (Å²) >= 11 is 1.53. The van der Waals surface area contributed by atoms with Crippen molar-refractivity contribution in [2.24, 2.45) is 0 Å². The number of hydrogen-bond donors (Lipinski definition) is 0. The summed E-state index contributed by atoms with van der Waals surface area (Å²) in [5.41, 5.74) is 0.194. The van der Waals surface area contributed by atoms with Crippen LogP contribution in [0, 0.1) is 11.3 Å². The second-order valence-electron chi connectivity index (χ2n) is 5.06. The van der Waals surface area contributed by atoms with E-state index in [9.17, 15) is 14.4 Å². The van der Waals surface area contributed by atoms with Gasteiger partial charge in [-0.25, -0.2) is 4.79 Å². The molecule has 8 heteroatoms. The molecule has 1 amide bonds. The molecule has 0 bridgehead atoms. The number of pyridine rings is 1. The first-order valence-corrected chi connectivity index (χ1v) is 7.88. The molecule has 0 atom stereocenters. The molecule has 0 aliphatic carbocycles. The summed E-state index contributed by atoms with van der Waals surface area (Å²) in [6.07, 6.45) is 1.23. The van der Waals surface area contributed by atoms with E-state index in [1.165, 1.54) is 29.5 Å². The minimum absolute atomic E-state index is 0.0435. The molecule has 0 N–H and O–H groups in total. The van der Waals surface area contributed by atoms with Gasteiger partial charge in [-0.15, -0.1) is 0 Å². The molecule has 0 aliphatic heterocycles. The lowest BCUT2D eigenvalue weighted by molar-refractivity contribution is -0.131. The van der Waals surface area contributed by atoms with Crippen LogP contribution >= 0.6 is 11.3 Å². The number of aromatic nitrogens is 1. The van der Waals surface area contributed by atoms with Gasteiger partial charge in [0, 0.05) is 19.8 Å². The summed E-state index contributed by atoms with van der Waals surface area (Å²) in [5, 5.41) is 12.9. The third-order valence-electron chi connectivity index (χ3n) is 3.36. The molecule has 0 spiro atoms. The molecule has 0 unspecified atom stereocenters. The molecule has 2 heterocycles. The van der Waals surface area contributed by atoms with Crippen LogP contribution in [-0.4, -0.2) is 35.5 Å². The molecule has 0 saturated carbocycles. The molecule has 2 aromatic rings. The van der Waals surface area contributed by atoms with Crippen molar-refractivity contribution in [3.05, 3.63) is 56.1 Å². The first kappa shape index (κ1) is 17.4. The average molecular weight is 345 g/mol. The summed E-state index contributed by atoms with van der Waals surface area (Å²) in [4.78, 5) is 37.6. The van der Waals surface area contributed by atoms with Crippen LogP contribution in [0.2, 0.25) is 0 Å². The quantitative estimate of drug-likeness (QED) is 0.760. The first-order chi connectivity index (χ1) is 11.5. The first-order valence-electron chi connectivity index (χ1n) is 6.94. The van der Waals surface area contributed by atoms with Crippen molar-refractivity contribution in [3.8, 4) is 6.07 Å². The second-order valence-corrected chi connectivity index (χ2v) is 5.84. The fourth-order valence-electron chi connectivity index (χ4n) is 2.07. The van der Waals surface area contributed by atoms with Crippen LogP contribution in [0.4, 0.5) is 0 Å². The predicted molar refractivity (Wildman–Crippen MR) is 87.5 cm³/mol. The van der Waals surface area contributed by atoms with Crippen molar-refractivity contribution >= 4 is 23.2 Å². The van der Waals surface area contributed by atoms with Gasteiger partial charge in [0.25, 0.3) is 5.56 Å². The van der Waals surface area contributed by atoms with E-state index < -0.39 is 11.5 Å². The third kappa shape index (κ3) is 3.88. The molecule has 7 nitrogen and oxygen atoms in total. The minimum atomic E-state index is -0.681. The molecule has 2 rings (SSSR count). The third-order valence-corrected chi connectivity index (χ3v) is 4.09. The molecule has 0 radical (unpaired) electrons. The van der Waals surface area contributed by atoms with E-state index in [0.717, 1.165) is 16.2 Å². The molecule has 0 aromatic carbocycles. The Bertz CT molecular complexity index is 849. The maximum Gasteiger partial charge on any atom is 0.339 e. The zero-order valence-corrected chi connectivity index (χ0v) is 14.0. The van der Waals surface area contributed by atoms with Gasteiger partial charge in [-0.3, -0.25) is 9.59 Å². The zero-order valence-electron chi connectivity index (χ0n) is 13.2. The van der Waals surface area contributed by atoms with Gasteiger partial charge >= 0.3 is 5.97 Å². The number of nitrogens with zero attached hydrogens (tertiary/aromatic N) is 3. The standard InChI is InChI=1S/C16H15N3O4S/c1-18(7-11-3-4-24-10-11)14(20)9-19-8-13(16(22)23-2)5-12(6-17)15(19)21/h3-5,8,10H,7,9H2,1-2H3. The van der Waals surface area contributed by atoms with E-state index in [-0.39, 0.29) is 23.6 Å². The van der Waals surface area contributed by atoms with Gasteiger partial charge < -0.3 is 14.2 Å². The van der Waals surface area contributed by atoms with Gasteiger partial charge in [0.1, 0.15) is 18.2 Å². The van der Waals surface area contributed by atoms with Crippen molar-refractivity contribution in [2.75, 3.05) is 14.2 Å². The number of rotatable bonds is 5. The molecule has 0 aliphatic rings. The average Bonchev–Trinajstić information content (AvgIpc) is 3.08. The van der Waals surface area contributed by atoms with Crippen LogP contribution < -0.4 is 5.56 Å². The van der Waals surface area contributed by atoms with Gasteiger partial charge in [0.15, 0.2) is 0 Å². The Morgan fingerprint density at radius 1 is 1.46 bits per heavy atom. The van der Waals surface area contributed by atoms with Gasteiger partial charge in [-0.1, -0.05) is 0 Å². The highest BCUT2D eigenvalue weighted by Gasteiger charge is 2.16. The Kier molecular flexibility index (Phi) is 5.50. The number of carbonyl (C=O) groups excluding carboxylic acids is 2. The maximum atomic E-state index is 12.3. The van der Waals surface area contributed by atoms with E-state index in [1.807, 2.05) is 16.8 Å². The SMILES string of the molecule is COC(=O)c1cc(C#N)c(=O)n(CC(=O)N(C)Cc2ccsc2)c1. The Morgan fingerprint density at radius 2 is 2.21 bits per heavy atom. The Balaban J connectivity index is 2.24. The number of ether oxygens (including phenoxy) is 1. The van der Waals surface area contributed by atoms with Gasteiger partial charge in [0.2, 0.25) is 5.91 Å². The highest BCUT2D eigenvalue weighted by Crippen LogP contribution is 2.09. The number of amides is 1. The molecule has 124 valence electrons. The Morgan fingerprint density at radius 3 is 2.79 bits per heavy atom. The van der Waals surface area contributed by atoms with Crippen LogP contribution in [0.15, 0.2) is 33.9 Å². The topological polar surface area (TPSA) is 92.4 Å². The van der Waals surface area contributed by atoms with Crippen molar-refractivity contribution in [1.29, 1.82) is 5.26 Å². The molecule has 0 saturated heterocycles. The predicted octanol–water partition coefficient (Wildman–Crippen LogP) is 1.23. The van der Waals surface area contributed by atoms with Crippen LogP contribution in [0.5, 0.6) is 0 Å². The van der Waals surface area contributed by atoms with Crippen LogP contribution in [0.25, 0.3) is 0 Å². The molecule has 0 fully saturated rings. The normalized spacial score (nSPS) is 10.0. The summed E-state index contributed by atoms with van der Waals surface area (Å²) in [7, 11) is 2.82. The smallest absolute Gasteiger partial charge is 0.339 e. The van der Waals surface area contributed by atoms with E-state index in [4.69, 9.17) is 5.26 Å². The lowest BCUT2D eigenvalue weighted by Gasteiger charge is -2.17. The van der Waals surface area contributed by atoms with Gasteiger partial charge in [-0.05, 0) is 28.5 Å². The van der Waals surface area contributed by atoms with E-state index in [2.05, 4.69) is 4.74 Å². The highest BCUT2D eigenvalue weighted by molar-refractivity contribution is 7.07. The number of hydrogen-bond acceptors (Lipinski definition) is 6. The summed E-state index contributed by atoms with van der Waals surface area (Å²) < 4.78 is 5.65. The number of methoxy groups -OCH3 is 1. The molecular weight excluding hydrogens is 330 g/mol. The maximum absolute atomic E-state index is 12.3. The summed E-state index contributed by atoms with van der Waals surface area (Å²) in [6.45, 7) is 0.151. The molecular formula is C16H15N3O4S. The number of thiophene rings is 1. The Hall–Kier alpha value is -2.92. The van der Waals surface area contributed by atoms with Gasteiger partial charge in [0.05, 0.1) is 12.7 Å². The zero-order chi connectivity index (χ0) is 17.7. The highest BCUT2D eigenvalue weighted by atomic mass is 32.1. The number of nitriles is 1. The van der Waals surface area contributed by atoms with Crippen molar-refractivity contribution in [1.82, 2.24) is 9.47 Å². The lowest BCUT2D eigenvalue weighted by Crippen LogP contribution is -2.34. The van der Waals surface area contributed by atoms with Crippen molar-refractivity contribution in [3.63, 3.8) is 0 Å². The van der Waals surface area contributed by atoms with Crippen molar-refractivity contribution in [2.45, 2.75) is 13.1 Å². The lowest BCUT2D eigenvalue weighted by atomic mass is 10.2. The van der Waals surface area contributed by atoms with Crippen molar-refractivity contribution < 1.29 is 14.3 Å². The summed E-state index contributed by atoms with van der Waals surface area (Å²) in [6, 6.07) is 4.80. The second kappa shape index (κ2) is 7.57. The fraction of sp³-hybridized carbons (Fsp3) is 0.250. The van der Waals surface area contributed by atoms with E-state index >= 15 is 0 Å². The number of likely N-dealkylation sites (N-methyl/N-ethyl adjacent to an activating group) is 1.